The fourth-order valence-electron chi connectivity index (χ4n) is 2.63. The van der Waals surface area contributed by atoms with Crippen LogP contribution in [0.15, 0.2) is 12.1 Å². The summed E-state index contributed by atoms with van der Waals surface area (Å²) in [6.07, 6.45) is 3.93. The Kier molecular flexibility index (Phi) is 3.67. The minimum Gasteiger partial charge on any atom is -0.363 e. The summed E-state index contributed by atoms with van der Waals surface area (Å²) in [5, 5.41) is 0. The molecule has 1 aromatic rings. The molecular formula is C14H23N3. The molecule has 1 fully saturated rings. The van der Waals surface area contributed by atoms with Crippen molar-refractivity contribution in [3.8, 4) is 0 Å². The lowest BCUT2D eigenvalue weighted by Crippen LogP contribution is -2.30. The lowest BCUT2D eigenvalue weighted by atomic mass is 9.95. The third-order valence-corrected chi connectivity index (χ3v) is 3.70. The Morgan fingerprint density at radius 2 is 2.06 bits per heavy atom. The first-order chi connectivity index (χ1) is 8.09. The number of nitrogens with zero attached hydrogens (tertiary/aromatic N) is 3. The van der Waals surface area contributed by atoms with Gasteiger partial charge in [-0.1, -0.05) is 12.5 Å². The van der Waals surface area contributed by atoms with Crippen molar-refractivity contribution in [1.82, 2.24) is 9.88 Å². The van der Waals surface area contributed by atoms with Crippen LogP contribution in [0, 0.1) is 6.92 Å². The van der Waals surface area contributed by atoms with Crippen LogP contribution in [0.5, 0.6) is 0 Å². The number of pyridine rings is 1. The van der Waals surface area contributed by atoms with Gasteiger partial charge in [0.25, 0.3) is 0 Å². The van der Waals surface area contributed by atoms with E-state index in [2.05, 4.69) is 40.9 Å². The molecule has 0 spiro atoms. The molecule has 0 amide bonds. The average Bonchev–Trinajstić information content (AvgIpc) is 2.30. The number of hydrogen-bond acceptors (Lipinski definition) is 3. The topological polar surface area (TPSA) is 19.4 Å². The van der Waals surface area contributed by atoms with Crippen LogP contribution in [-0.2, 0) is 0 Å². The Hall–Kier alpha value is -1.09. The van der Waals surface area contributed by atoms with Crippen molar-refractivity contribution in [3.63, 3.8) is 0 Å². The van der Waals surface area contributed by atoms with E-state index in [1.807, 2.05) is 14.1 Å². The summed E-state index contributed by atoms with van der Waals surface area (Å²) in [5.41, 5.74) is 2.58. The maximum atomic E-state index is 4.68. The van der Waals surface area contributed by atoms with Gasteiger partial charge in [-0.15, -0.1) is 0 Å². The Morgan fingerprint density at radius 1 is 1.29 bits per heavy atom. The van der Waals surface area contributed by atoms with Gasteiger partial charge in [0.15, 0.2) is 0 Å². The van der Waals surface area contributed by atoms with Gasteiger partial charge in [0.05, 0.1) is 0 Å². The minimum absolute atomic E-state index is 0.562. The summed E-state index contributed by atoms with van der Waals surface area (Å²) in [4.78, 5) is 9.20. The fraction of sp³-hybridized carbons (Fsp3) is 0.643. The molecule has 1 aromatic heterocycles. The first-order valence-electron chi connectivity index (χ1n) is 6.44. The van der Waals surface area contributed by atoms with E-state index >= 15 is 0 Å². The van der Waals surface area contributed by atoms with E-state index in [9.17, 15) is 0 Å². The molecule has 3 nitrogen and oxygen atoms in total. The number of aromatic nitrogens is 1. The molecule has 0 radical (unpaired) electrons. The van der Waals surface area contributed by atoms with Crippen LogP contribution in [0.25, 0.3) is 0 Å². The maximum Gasteiger partial charge on any atom is 0.128 e. The summed E-state index contributed by atoms with van der Waals surface area (Å²) in [6.45, 7) is 3.34. The van der Waals surface area contributed by atoms with Crippen molar-refractivity contribution in [3.05, 3.63) is 23.4 Å². The SMILES string of the molecule is Cc1nc(N(C)C)ccc1[C@H]1CCCCN1C. The zero-order valence-corrected chi connectivity index (χ0v) is 11.4. The van der Waals surface area contributed by atoms with E-state index in [4.69, 9.17) is 0 Å². The van der Waals surface area contributed by atoms with E-state index < -0.39 is 0 Å². The summed E-state index contributed by atoms with van der Waals surface area (Å²) in [6, 6.07) is 4.95. The summed E-state index contributed by atoms with van der Waals surface area (Å²) in [5.74, 6) is 1.05. The normalized spacial score (nSPS) is 21.5. The van der Waals surface area contributed by atoms with E-state index in [1.54, 1.807) is 0 Å². The van der Waals surface area contributed by atoms with Gasteiger partial charge in [-0.05, 0) is 45.0 Å². The second-order valence-electron chi connectivity index (χ2n) is 5.23. The van der Waals surface area contributed by atoms with Gasteiger partial charge in [0, 0.05) is 25.8 Å². The molecule has 0 bridgehead atoms. The molecule has 1 saturated heterocycles. The molecule has 2 rings (SSSR count). The van der Waals surface area contributed by atoms with Crippen molar-refractivity contribution in [2.45, 2.75) is 32.2 Å². The minimum atomic E-state index is 0.562. The Balaban J connectivity index is 2.26. The van der Waals surface area contributed by atoms with Gasteiger partial charge in [0.2, 0.25) is 0 Å². The number of aryl methyl sites for hydroxylation is 1. The third-order valence-electron chi connectivity index (χ3n) is 3.70. The Bertz CT molecular complexity index is 387. The van der Waals surface area contributed by atoms with Gasteiger partial charge in [0.1, 0.15) is 5.82 Å². The van der Waals surface area contributed by atoms with Gasteiger partial charge < -0.3 is 4.90 Å². The molecule has 17 heavy (non-hydrogen) atoms. The van der Waals surface area contributed by atoms with Gasteiger partial charge in [-0.25, -0.2) is 4.98 Å². The number of likely N-dealkylation sites (tertiary alicyclic amines) is 1. The van der Waals surface area contributed by atoms with Crippen LogP contribution in [0.2, 0.25) is 0 Å². The quantitative estimate of drug-likeness (QED) is 0.783. The van der Waals surface area contributed by atoms with Crippen LogP contribution in [0.4, 0.5) is 5.82 Å². The molecular weight excluding hydrogens is 210 g/mol. The summed E-state index contributed by atoms with van der Waals surface area (Å²) < 4.78 is 0. The molecule has 1 aliphatic heterocycles. The van der Waals surface area contributed by atoms with Crippen LogP contribution in [0.3, 0.4) is 0 Å². The molecule has 0 unspecified atom stereocenters. The Morgan fingerprint density at radius 3 is 2.65 bits per heavy atom. The van der Waals surface area contributed by atoms with Crippen molar-refractivity contribution in [2.24, 2.45) is 0 Å². The average molecular weight is 233 g/mol. The molecule has 2 heterocycles. The second-order valence-corrected chi connectivity index (χ2v) is 5.23. The van der Waals surface area contributed by atoms with Crippen molar-refractivity contribution < 1.29 is 0 Å². The van der Waals surface area contributed by atoms with Crippen LogP contribution >= 0.6 is 0 Å². The molecule has 94 valence electrons. The van der Waals surface area contributed by atoms with Gasteiger partial charge in [-0.3, -0.25) is 4.90 Å². The first-order valence-corrected chi connectivity index (χ1v) is 6.44. The zero-order chi connectivity index (χ0) is 12.4. The number of hydrogen-bond donors (Lipinski definition) is 0. The molecule has 1 atom stereocenters. The monoisotopic (exact) mass is 233 g/mol. The van der Waals surface area contributed by atoms with Crippen molar-refractivity contribution in [2.75, 3.05) is 32.6 Å². The maximum absolute atomic E-state index is 4.68. The van der Waals surface area contributed by atoms with Gasteiger partial charge >= 0.3 is 0 Å². The van der Waals surface area contributed by atoms with Crippen LogP contribution < -0.4 is 4.90 Å². The fourth-order valence-corrected chi connectivity index (χ4v) is 2.63. The molecule has 0 aliphatic carbocycles. The number of anilines is 1. The predicted octanol–water partition coefficient (Wildman–Crippen LogP) is 2.61. The molecule has 0 saturated carbocycles. The zero-order valence-electron chi connectivity index (χ0n) is 11.4. The first kappa shape index (κ1) is 12.4. The molecule has 3 heteroatoms. The predicted molar refractivity (Wildman–Crippen MR) is 72.5 cm³/mol. The van der Waals surface area contributed by atoms with Gasteiger partial charge in [-0.2, -0.15) is 0 Å². The number of rotatable bonds is 2. The van der Waals surface area contributed by atoms with Crippen molar-refractivity contribution >= 4 is 5.82 Å². The molecule has 1 aliphatic rings. The smallest absolute Gasteiger partial charge is 0.128 e. The molecule has 0 aromatic carbocycles. The van der Waals surface area contributed by atoms with E-state index in [1.165, 1.54) is 37.1 Å². The molecule has 0 N–H and O–H groups in total. The van der Waals surface area contributed by atoms with Crippen molar-refractivity contribution in [1.29, 1.82) is 0 Å². The number of piperidine rings is 1. The highest BCUT2D eigenvalue weighted by atomic mass is 15.1. The highest BCUT2D eigenvalue weighted by Crippen LogP contribution is 2.31. The summed E-state index contributed by atoms with van der Waals surface area (Å²) >= 11 is 0. The lowest BCUT2D eigenvalue weighted by molar-refractivity contribution is 0.186. The van der Waals surface area contributed by atoms with E-state index in [0.717, 1.165) is 5.82 Å². The lowest BCUT2D eigenvalue weighted by Gasteiger charge is -2.33. The third kappa shape index (κ3) is 2.60. The highest BCUT2D eigenvalue weighted by molar-refractivity contribution is 5.41. The van der Waals surface area contributed by atoms with E-state index in [-0.39, 0.29) is 0 Å². The highest BCUT2D eigenvalue weighted by Gasteiger charge is 2.22. The van der Waals surface area contributed by atoms with Crippen LogP contribution in [-0.4, -0.2) is 37.6 Å². The largest absolute Gasteiger partial charge is 0.363 e. The Labute approximate surface area is 104 Å². The second kappa shape index (κ2) is 5.05. The van der Waals surface area contributed by atoms with Crippen LogP contribution in [0.1, 0.15) is 36.6 Å². The van der Waals surface area contributed by atoms with E-state index in [0.29, 0.717) is 6.04 Å². The summed E-state index contributed by atoms with van der Waals surface area (Å²) in [7, 11) is 6.30. The standard InChI is InChI=1S/C14H23N3/c1-11-12(8-9-14(15-11)16(2)3)13-7-5-6-10-17(13)4/h8-9,13H,5-7,10H2,1-4H3/t13-/m1/s1.